The van der Waals surface area contributed by atoms with E-state index in [1.807, 2.05) is 12.1 Å². The molecule has 0 radical (unpaired) electrons. The Bertz CT molecular complexity index is 878. The number of aliphatic carboxylic acids is 1. The van der Waals surface area contributed by atoms with E-state index >= 15 is 0 Å². The number of nitrogens with zero attached hydrogens (tertiary/aromatic N) is 1. The summed E-state index contributed by atoms with van der Waals surface area (Å²) in [6.07, 6.45) is 2.47. The lowest BCUT2D eigenvalue weighted by Gasteiger charge is -2.36. The van der Waals surface area contributed by atoms with Crippen LogP contribution in [0.2, 0.25) is 18.1 Å². The van der Waals surface area contributed by atoms with Gasteiger partial charge in [0.25, 0.3) is 0 Å². The van der Waals surface area contributed by atoms with Crippen LogP contribution in [0.25, 0.3) is 5.57 Å². The van der Waals surface area contributed by atoms with Crippen LogP contribution < -0.4 is 0 Å². The molecule has 0 aromatic heterocycles. The molecule has 3 rings (SSSR count). The fourth-order valence-corrected chi connectivity index (χ4v) is 5.19. The van der Waals surface area contributed by atoms with E-state index in [2.05, 4.69) is 46.0 Å². The van der Waals surface area contributed by atoms with Crippen molar-refractivity contribution in [3.05, 3.63) is 41.0 Å². The summed E-state index contributed by atoms with van der Waals surface area (Å²) in [7, 11) is -1.72. The second-order valence-corrected chi connectivity index (χ2v) is 15.3. The minimum Gasteiger partial charge on any atom is -0.478 e. The van der Waals surface area contributed by atoms with Crippen molar-refractivity contribution in [3.8, 4) is 0 Å². The van der Waals surface area contributed by atoms with Gasteiger partial charge >= 0.3 is 12.1 Å². The van der Waals surface area contributed by atoms with E-state index in [-0.39, 0.29) is 22.6 Å². The Hall–Kier alpha value is -2.12. The molecule has 6 nitrogen and oxygen atoms in total. The monoisotopic (exact) mass is 445 g/mol. The van der Waals surface area contributed by atoms with Gasteiger partial charge in [-0.15, -0.1) is 0 Å². The Morgan fingerprint density at radius 3 is 2.23 bits per heavy atom. The Kier molecular flexibility index (Phi) is 6.40. The van der Waals surface area contributed by atoms with E-state index in [1.165, 1.54) is 10.5 Å². The summed E-state index contributed by atoms with van der Waals surface area (Å²) in [5.74, 6) is -1.03. The number of carboxylic acid groups (broad SMARTS) is 2. The van der Waals surface area contributed by atoms with Gasteiger partial charge in [-0.3, -0.25) is 0 Å². The third kappa shape index (κ3) is 5.04. The third-order valence-corrected chi connectivity index (χ3v) is 11.7. The Balaban J connectivity index is 1.70. The van der Waals surface area contributed by atoms with Crippen molar-refractivity contribution in [2.45, 2.75) is 64.6 Å². The number of carbonyl (C=O) groups is 2. The van der Waals surface area contributed by atoms with E-state index in [4.69, 9.17) is 4.43 Å². The molecule has 1 aliphatic carbocycles. The fourth-order valence-electron chi connectivity index (χ4n) is 4.10. The van der Waals surface area contributed by atoms with Crippen LogP contribution in [-0.2, 0) is 15.6 Å². The number of hydrogen-bond donors (Lipinski definition) is 2. The molecule has 1 aromatic carbocycles. The first kappa shape index (κ1) is 23.5. The molecule has 7 heteroatoms. The zero-order valence-electron chi connectivity index (χ0n) is 19.3. The standard InChI is InChI=1S/C24H35NO5Si/c1-23(2,3)31(4,5)30-14-6-7-17-8-10-18(11-9-17)20-19(21(26)27)15-25(22(28)29)16-24(20)12-13-24/h8-11H,6-7,12-16H2,1-5H3,(H,26,27)(H,28,29). The van der Waals surface area contributed by atoms with Crippen LogP contribution in [0.5, 0.6) is 0 Å². The quantitative estimate of drug-likeness (QED) is 0.442. The molecule has 1 aromatic rings. The molecular formula is C24H35NO5Si. The molecule has 1 fully saturated rings. The Morgan fingerprint density at radius 2 is 1.74 bits per heavy atom. The smallest absolute Gasteiger partial charge is 0.407 e. The third-order valence-electron chi connectivity index (χ3n) is 7.18. The predicted octanol–water partition coefficient (Wildman–Crippen LogP) is 5.25. The van der Waals surface area contributed by atoms with Crippen molar-refractivity contribution < 1.29 is 24.2 Å². The normalized spacial score (nSPS) is 18.4. The van der Waals surface area contributed by atoms with Gasteiger partial charge in [0, 0.05) is 18.6 Å². The molecule has 1 spiro atoms. The van der Waals surface area contributed by atoms with Crippen LogP contribution in [-0.4, -0.2) is 55.2 Å². The summed E-state index contributed by atoms with van der Waals surface area (Å²) in [6, 6.07) is 8.12. The minimum atomic E-state index is -1.72. The molecule has 0 saturated heterocycles. The SMILES string of the molecule is CC(C)(C)[Si](C)(C)OCCCc1ccc(C2=C(C(=O)O)CN(C(=O)O)CC23CC3)cc1. The molecule has 1 saturated carbocycles. The van der Waals surface area contributed by atoms with Crippen molar-refractivity contribution in [2.24, 2.45) is 5.41 Å². The molecule has 0 bridgehead atoms. The van der Waals surface area contributed by atoms with E-state index in [0.29, 0.717) is 6.54 Å². The summed E-state index contributed by atoms with van der Waals surface area (Å²) < 4.78 is 6.25. The average molecular weight is 446 g/mol. The maximum Gasteiger partial charge on any atom is 0.407 e. The molecule has 0 unspecified atom stereocenters. The van der Waals surface area contributed by atoms with E-state index < -0.39 is 20.4 Å². The van der Waals surface area contributed by atoms with Crippen molar-refractivity contribution >= 4 is 26.0 Å². The van der Waals surface area contributed by atoms with Gasteiger partial charge in [0.1, 0.15) is 0 Å². The molecule has 1 amide bonds. The largest absolute Gasteiger partial charge is 0.478 e. The molecule has 0 atom stereocenters. The zero-order chi connectivity index (χ0) is 23.0. The highest BCUT2D eigenvalue weighted by atomic mass is 28.4. The van der Waals surface area contributed by atoms with E-state index in [0.717, 1.165) is 43.4 Å². The van der Waals surface area contributed by atoms with Gasteiger partial charge in [-0.05, 0) is 60.5 Å². The van der Waals surface area contributed by atoms with Crippen molar-refractivity contribution in [1.82, 2.24) is 4.90 Å². The first-order valence-corrected chi connectivity index (χ1v) is 14.0. The number of carboxylic acids is 1. The lowest BCUT2D eigenvalue weighted by Crippen LogP contribution is -2.42. The van der Waals surface area contributed by atoms with Crippen molar-refractivity contribution in [2.75, 3.05) is 19.7 Å². The lowest BCUT2D eigenvalue weighted by molar-refractivity contribution is -0.133. The van der Waals surface area contributed by atoms with Crippen LogP contribution in [0, 0.1) is 5.41 Å². The Labute approximate surface area is 186 Å². The molecule has 170 valence electrons. The van der Waals surface area contributed by atoms with Gasteiger partial charge < -0.3 is 19.5 Å². The van der Waals surface area contributed by atoms with Crippen molar-refractivity contribution in [3.63, 3.8) is 0 Å². The zero-order valence-corrected chi connectivity index (χ0v) is 20.3. The topological polar surface area (TPSA) is 87.1 Å². The summed E-state index contributed by atoms with van der Waals surface area (Å²) in [5, 5.41) is 19.4. The Morgan fingerprint density at radius 1 is 1.13 bits per heavy atom. The van der Waals surface area contributed by atoms with Crippen LogP contribution in [0.3, 0.4) is 0 Å². The van der Waals surface area contributed by atoms with Gasteiger partial charge in [-0.1, -0.05) is 45.0 Å². The highest BCUT2D eigenvalue weighted by molar-refractivity contribution is 6.74. The lowest BCUT2D eigenvalue weighted by atomic mass is 9.82. The number of amides is 1. The van der Waals surface area contributed by atoms with Crippen LogP contribution in [0.1, 0.15) is 51.2 Å². The molecule has 1 aliphatic heterocycles. The van der Waals surface area contributed by atoms with Gasteiger partial charge in [0.05, 0.1) is 12.1 Å². The number of hydrogen-bond acceptors (Lipinski definition) is 3. The predicted molar refractivity (Wildman–Crippen MR) is 124 cm³/mol. The van der Waals surface area contributed by atoms with Crippen LogP contribution in [0.4, 0.5) is 4.79 Å². The second kappa shape index (κ2) is 8.43. The van der Waals surface area contributed by atoms with Crippen molar-refractivity contribution in [1.29, 1.82) is 0 Å². The second-order valence-electron chi connectivity index (χ2n) is 10.5. The highest BCUT2D eigenvalue weighted by Gasteiger charge is 2.53. The molecule has 31 heavy (non-hydrogen) atoms. The van der Waals surface area contributed by atoms with E-state index in [1.54, 1.807) is 0 Å². The molecule has 1 heterocycles. The van der Waals surface area contributed by atoms with Gasteiger partial charge in [0.2, 0.25) is 0 Å². The summed E-state index contributed by atoms with van der Waals surface area (Å²) in [4.78, 5) is 24.6. The number of benzene rings is 1. The van der Waals surface area contributed by atoms with Gasteiger partial charge in [0.15, 0.2) is 8.32 Å². The summed E-state index contributed by atoms with van der Waals surface area (Å²) >= 11 is 0. The van der Waals surface area contributed by atoms with Gasteiger partial charge in [-0.2, -0.15) is 0 Å². The summed E-state index contributed by atoms with van der Waals surface area (Å²) in [5.41, 5.74) is 2.80. The first-order chi connectivity index (χ1) is 14.4. The molecule has 2 N–H and O–H groups in total. The minimum absolute atomic E-state index is 0.0612. The molecular weight excluding hydrogens is 410 g/mol. The number of rotatable bonds is 7. The number of aryl methyl sites for hydroxylation is 1. The fraction of sp³-hybridized carbons (Fsp3) is 0.583. The maximum absolute atomic E-state index is 11.9. The van der Waals surface area contributed by atoms with Gasteiger partial charge in [-0.25, -0.2) is 9.59 Å². The van der Waals surface area contributed by atoms with Crippen LogP contribution in [0.15, 0.2) is 29.8 Å². The van der Waals surface area contributed by atoms with Crippen LogP contribution >= 0.6 is 0 Å². The average Bonchev–Trinajstić information content (AvgIpc) is 3.43. The van der Waals surface area contributed by atoms with E-state index in [9.17, 15) is 19.8 Å². The maximum atomic E-state index is 11.9. The molecule has 2 aliphatic rings. The first-order valence-electron chi connectivity index (χ1n) is 11.0. The summed E-state index contributed by atoms with van der Waals surface area (Å²) in [6.45, 7) is 12.3. The highest BCUT2D eigenvalue weighted by Crippen LogP contribution is 2.59.